The summed E-state index contributed by atoms with van der Waals surface area (Å²) in [5, 5.41) is 0. The molecule has 1 aromatic rings. The van der Waals surface area contributed by atoms with Crippen LogP contribution in [0.25, 0.3) is 0 Å². The van der Waals surface area contributed by atoms with E-state index in [2.05, 4.69) is 0 Å². The summed E-state index contributed by atoms with van der Waals surface area (Å²) in [7, 11) is 0. The van der Waals surface area contributed by atoms with Crippen LogP contribution in [-0.4, -0.2) is 0 Å². The lowest BCUT2D eigenvalue weighted by Crippen LogP contribution is -1.89. The lowest BCUT2D eigenvalue weighted by atomic mass is 10.2. The highest BCUT2D eigenvalue weighted by Crippen LogP contribution is 2.09. The molecule has 0 aliphatic carbocycles. The third-order valence-corrected chi connectivity index (χ3v) is 1.16. The first-order chi connectivity index (χ1) is 4.20. The van der Waals surface area contributed by atoms with Crippen LogP contribution < -0.4 is 5.73 Å². The van der Waals surface area contributed by atoms with Crippen molar-refractivity contribution in [1.82, 2.24) is 0 Å². The molecule has 0 spiro atoms. The smallest absolute Gasteiger partial charge is 0.146 e. The van der Waals surface area contributed by atoms with Gasteiger partial charge in [-0.15, -0.1) is 17.0 Å². The Hall–Kier alpha value is -0.570. The average molecular weight is 206 g/mol. The average Bonchev–Trinajstić information content (AvgIpc) is 1.80. The van der Waals surface area contributed by atoms with Gasteiger partial charge in [-0.2, -0.15) is 0 Å². The topological polar surface area (TPSA) is 26.0 Å². The van der Waals surface area contributed by atoms with E-state index in [1.165, 1.54) is 6.07 Å². The number of halogens is 2. The van der Waals surface area contributed by atoms with Gasteiger partial charge >= 0.3 is 0 Å². The molecule has 0 radical (unpaired) electrons. The van der Waals surface area contributed by atoms with Crippen LogP contribution in [0.4, 0.5) is 10.1 Å². The molecule has 0 aliphatic heterocycles. The van der Waals surface area contributed by atoms with Crippen LogP contribution in [-0.2, 0) is 0 Å². The van der Waals surface area contributed by atoms with Crippen molar-refractivity contribution >= 4 is 22.7 Å². The molecule has 56 valence electrons. The Morgan fingerprint density at radius 3 is 2.40 bits per heavy atom. The van der Waals surface area contributed by atoms with Gasteiger partial charge in [0.25, 0.3) is 0 Å². The standard InChI is InChI=1S/C7H8FN.BrH/c1-5-2-3-7(9)6(8)4-5;/h2-4H,9H2,1H3;1H. The molecule has 3 heteroatoms. The van der Waals surface area contributed by atoms with Gasteiger partial charge in [-0.05, 0) is 24.6 Å². The van der Waals surface area contributed by atoms with E-state index in [4.69, 9.17) is 5.73 Å². The predicted octanol–water partition coefficient (Wildman–Crippen LogP) is 2.29. The monoisotopic (exact) mass is 205 g/mol. The number of nitrogen functional groups attached to an aromatic ring is 1. The number of rotatable bonds is 0. The lowest BCUT2D eigenvalue weighted by Gasteiger charge is -1.94. The maximum atomic E-state index is 12.5. The van der Waals surface area contributed by atoms with Crippen LogP contribution in [0.5, 0.6) is 0 Å². The van der Waals surface area contributed by atoms with Crippen molar-refractivity contribution in [3.8, 4) is 0 Å². The van der Waals surface area contributed by atoms with Gasteiger partial charge in [0.05, 0.1) is 5.69 Å². The number of hydrogen-bond donors (Lipinski definition) is 1. The van der Waals surface area contributed by atoms with Crippen LogP contribution >= 0.6 is 17.0 Å². The summed E-state index contributed by atoms with van der Waals surface area (Å²) in [6.07, 6.45) is 0. The molecule has 0 amide bonds. The van der Waals surface area contributed by atoms with Gasteiger partial charge in [0.1, 0.15) is 5.82 Å². The first kappa shape index (κ1) is 9.43. The van der Waals surface area contributed by atoms with Crippen LogP contribution in [0.15, 0.2) is 18.2 Å². The second-order valence-electron chi connectivity index (χ2n) is 2.02. The molecule has 0 atom stereocenters. The highest BCUT2D eigenvalue weighted by Gasteiger charge is 1.94. The molecular formula is C7H9BrFN. The van der Waals surface area contributed by atoms with E-state index in [0.29, 0.717) is 0 Å². The molecule has 0 aliphatic rings. The van der Waals surface area contributed by atoms with Crippen molar-refractivity contribution in [2.75, 3.05) is 5.73 Å². The van der Waals surface area contributed by atoms with Crippen LogP contribution in [0.3, 0.4) is 0 Å². The minimum atomic E-state index is -0.338. The van der Waals surface area contributed by atoms with Gasteiger partial charge < -0.3 is 5.73 Å². The Labute approximate surface area is 69.8 Å². The van der Waals surface area contributed by atoms with Crippen molar-refractivity contribution in [1.29, 1.82) is 0 Å². The number of nitrogens with two attached hydrogens (primary N) is 1. The fraction of sp³-hybridized carbons (Fsp3) is 0.143. The maximum Gasteiger partial charge on any atom is 0.146 e. The fourth-order valence-electron chi connectivity index (χ4n) is 0.632. The molecular weight excluding hydrogens is 197 g/mol. The molecule has 10 heavy (non-hydrogen) atoms. The maximum absolute atomic E-state index is 12.5. The van der Waals surface area contributed by atoms with Crippen LogP contribution in [0, 0.1) is 12.7 Å². The van der Waals surface area contributed by atoms with Gasteiger partial charge in [0.2, 0.25) is 0 Å². The molecule has 0 saturated heterocycles. The molecule has 0 bridgehead atoms. The molecule has 1 nitrogen and oxygen atoms in total. The zero-order valence-electron chi connectivity index (χ0n) is 5.60. The van der Waals surface area contributed by atoms with Gasteiger partial charge in [-0.25, -0.2) is 4.39 Å². The largest absolute Gasteiger partial charge is 0.396 e. The molecule has 0 aromatic heterocycles. The SMILES string of the molecule is Br.Cc1ccc(N)c(F)c1. The zero-order valence-corrected chi connectivity index (χ0v) is 7.31. The summed E-state index contributed by atoms with van der Waals surface area (Å²) in [5.74, 6) is -0.338. The summed E-state index contributed by atoms with van der Waals surface area (Å²) in [5.41, 5.74) is 6.31. The summed E-state index contributed by atoms with van der Waals surface area (Å²) in [4.78, 5) is 0. The van der Waals surface area contributed by atoms with Gasteiger partial charge in [-0.3, -0.25) is 0 Å². The first-order valence-corrected chi connectivity index (χ1v) is 2.72. The van der Waals surface area contributed by atoms with E-state index in [1.54, 1.807) is 12.1 Å². The second-order valence-corrected chi connectivity index (χ2v) is 2.02. The normalized spacial score (nSPS) is 8.60. The van der Waals surface area contributed by atoms with Crippen molar-refractivity contribution in [3.05, 3.63) is 29.6 Å². The Bertz CT molecular complexity index is 225. The van der Waals surface area contributed by atoms with Crippen molar-refractivity contribution in [2.24, 2.45) is 0 Å². The Morgan fingerprint density at radius 1 is 1.40 bits per heavy atom. The predicted molar refractivity (Wildman–Crippen MR) is 45.9 cm³/mol. The summed E-state index contributed by atoms with van der Waals surface area (Å²) in [6.45, 7) is 1.82. The van der Waals surface area contributed by atoms with E-state index in [-0.39, 0.29) is 28.5 Å². The van der Waals surface area contributed by atoms with Gasteiger partial charge in [-0.1, -0.05) is 6.07 Å². The second kappa shape index (κ2) is 3.56. The lowest BCUT2D eigenvalue weighted by molar-refractivity contribution is 0.631. The minimum Gasteiger partial charge on any atom is -0.396 e. The van der Waals surface area contributed by atoms with Gasteiger partial charge in [0.15, 0.2) is 0 Å². The fourth-order valence-corrected chi connectivity index (χ4v) is 0.632. The third kappa shape index (κ3) is 1.99. The minimum absolute atomic E-state index is 0. The van der Waals surface area contributed by atoms with Crippen molar-refractivity contribution in [2.45, 2.75) is 6.92 Å². The quantitative estimate of drug-likeness (QED) is 0.647. The van der Waals surface area contributed by atoms with Crippen LogP contribution in [0.1, 0.15) is 5.56 Å². The highest BCUT2D eigenvalue weighted by atomic mass is 79.9. The van der Waals surface area contributed by atoms with Crippen LogP contribution in [0.2, 0.25) is 0 Å². The summed E-state index contributed by atoms with van der Waals surface area (Å²) < 4.78 is 12.5. The zero-order chi connectivity index (χ0) is 6.85. The first-order valence-electron chi connectivity index (χ1n) is 2.72. The molecule has 1 rings (SSSR count). The van der Waals surface area contributed by atoms with E-state index < -0.39 is 0 Å². The van der Waals surface area contributed by atoms with E-state index in [1.807, 2.05) is 6.92 Å². The molecule has 0 saturated carbocycles. The number of anilines is 1. The number of hydrogen-bond acceptors (Lipinski definition) is 1. The van der Waals surface area contributed by atoms with Gasteiger partial charge in [0, 0.05) is 0 Å². The summed E-state index contributed by atoms with van der Waals surface area (Å²) >= 11 is 0. The highest BCUT2D eigenvalue weighted by molar-refractivity contribution is 8.93. The molecule has 1 aromatic carbocycles. The van der Waals surface area contributed by atoms with Crippen molar-refractivity contribution < 1.29 is 4.39 Å². The Morgan fingerprint density at radius 2 is 2.00 bits per heavy atom. The van der Waals surface area contributed by atoms with E-state index in [0.717, 1.165) is 5.56 Å². The van der Waals surface area contributed by atoms with E-state index in [9.17, 15) is 4.39 Å². The van der Waals surface area contributed by atoms with Crippen molar-refractivity contribution in [3.63, 3.8) is 0 Å². The molecule has 0 unspecified atom stereocenters. The molecule has 0 heterocycles. The summed E-state index contributed by atoms with van der Waals surface area (Å²) in [6, 6.07) is 4.75. The third-order valence-electron chi connectivity index (χ3n) is 1.16. The molecule has 0 fully saturated rings. The Kier molecular flexibility index (Phi) is 3.36. The molecule has 2 N–H and O–H groups in total. The Balaban J connectivity index is 0.000000810. The number of aryl methyl sites for hydroxylation is 1. The van der Waals surface area contributed by atoms with E-state index >= 15 is 0 Å². The number of benzene rings is 1.